The Hall–Kier alpha value is -4.35. The quantitative estimate of drug-likeness (QED) is 0.408. The lowest BCUT2D eigenvalue weighted by Crippen LogP contribution is -2.47. The summed E-state index contributed by atoms with van der Waals surface area (Å²) in [6.45, 7) is 2.57. The van der Waals surface area contributed by atoms with Gasteiger partial charge in [-0.15, -0.1) is 0 Å². The lowest BCUT2D eigenvalue weighted by molar-refractivity contribution is -0.117. The number of nitrogens with one attached hydrogen (secondary N) is 1. The monoisotopic (exact) mass is 527 g/mol. The molecule has 0 saturated carbocycles. The topological polar surface area (TPSA) is 96.8 Å². The number of rotatable bonds is 4. The fourth-order valence-corrected chi connectivity index (χ4v) is 4.91. The van der Waals surface area contributed by atoms with Gasteiger partial charge >= 0.3 is 12.0 Å². The van der Waals surface area contributed by atoms with Crippen molar-refractivity contribution in [1.29, 1.82) is 0 Å². The van der Waals surface area contributed by atoms with Crippen molar-refractivity contribution in [2.24, 2.45) is 0 Å². The second-order valence-corrected chi connectivity index (χ2v) is 9.34. The molecular weight excluding hydrogens is 503 g/mol. The summed E-state index contributed by atoms with van der Waals surface area (Å²) in [5, 5.41) is 6.82. The van der Waals surface area contributed by atoms with Gasteiger partial charge in [-0.1, -0.05) is 12.1 Å². The van der Waals surface area contributed by atoms with E-state index in [-0.39, 0.29) is 36.5 Å². The zero-order valence-electron chi connectivity index (χ0n) is 20.6. The maximum atomic E-state index is 13.6. The fourth-order valence-electron chi connectivity index (χ4n) is 4.91. The Kier molecular flexibility index (Phi) is 6.55. The van der Waals surface area contributed by atoms with Gasteiger partial charge in [-0.05, 0) is 24.6 Å². The molecule has 1 N–H and O–H groups in total. The Morgan fingerprint density at radius 3 is 2.55 bits per heavy atom. The van der Waals surface area contributed by atoms with E-state index in [1.807, 2.05) is 6.07 Å². The number of carbonyl (C=O) groups is 3. The predicted molar refractivity (Wildman–Crippen MR) is 130 cm³/mol. The summed E-state index contributed by atoms with van der Waals surface area (Å²) in [7, 11) is 1.31. The number of amides is 3. The van der Waals surface area contributed by atoms with Gasteiger partial charge in [0.2, 0.25) is 5.91 Å². The zero-order valence-corrected chi connectivity index (χ0v) is 20.6. The lowest BCUT2D eigenvalue weighted by atomic mass is 9.96. The van der Waals surface area contributed by atoms with E-state index in [0.717, 1.165) is 5.56 Å². The molecule has 0 radical (unpaired) electrons. The van der Waals surface area contributed by atoms with Gasteiger partial charge in [-0.3, -0.25) is 9.48 Å². The number of ether oxygens (including phenoxy) is 1. The number of esters is 1. The molecule has 5 rings (SSSR count). The normalized spacial score (nSPS) is 18.9. The number of benzene rings is 2. The molecule has 1 aromatic heterocycles. The van der Waals surface area contributed by atoms with Crippen LogP contribution in [0.15, 0.2) is 42.6 Å². The second-order valence-electron chi connectivity index (χ2n) is 9.34. The predicted octanol–water partition coefficient (Wildman–Crippen LogP) is 4.04. The highest BCUT2D eigenvalue weighted by atomic mass is 19.2. The van der Waals surface area contributed by atoms with Gasteiger partial charge in [0.15, 0.2) is 17.5 Å². The first-order valence-electron chi connectivity index (χ1n) is 11.9. The highest BCUT2D eigenvalue weighted by Gasteiger charge is 2.37. The molecular formula is C26H24F3N5O4. The standard InChI is InChI=1S/C26H24F3N5O4/c1-14-11-34-22(13-32(14)26(37)31-18-8-19(27)24(29)20(28)9-18)21(10-30-34)33-12-17(7-23(33)35)15-4-3-5-16(6-15)25(36)38-2/h3-6,8-10,14,17H,7,11-13H2,1-2H3,(H,31,37)/t14-,17?/m0/s1. The molecule has 1 fully saturated rings. The van der Waals surface area contributed by atoms with Crippen LogP contribution in [-0.4, -0.2) is 52.3 Å². The summed E-state index contributed by atoms with van der Waals surface area (Å²) in [5.41, 5.74) is 2.20. The number of aromatic nitrogens is 2. The van der Waals surface area contributed by atoms with Gasteiger partial charge in [0.25, 0.3) is 0 Å². The zero-order chi connectivity index (χ0) is 27.1. The van der Waals surface area contributed by atoms with E-state index in [1.54, 1.807) is 40.9 Å². The van der Waals surface area contributed by atoms with E-state index in [4.69, 9.17) is 4.74 Å². The van der Waals surface area contributed by atoms with Gasteiger partial charge < -0.3 is 19.9 Å². The Balaban J connectivity index is 1.35. The third kappa shape index (κ3) is 4.57. The van der Waals surface area contributed by atoms with E-state index in [1.165, 1.54) is 12.0 Å². The molecule has 0 spiro atoms. The van der Waals surface area contributed by atoms with Crippen LogP contribution in [0.2, 0.25) is 0 Å². The molecule has 2 aliphatic rings. The van der Waals surface area contributed by atoms with Gasteiger partial charge in [0, 0.05) is 36.7 Å². The summed E-state index contributed by atoms with van der Waals surface area (Å²) >= 11 is 0. The van der Waals surface area contributed by atoms with Crippen molar-refractivity contribution in [2.45, 2.75) is 38.4 Å². The van der Waals surface area contributed by atoms with Crippen LogP contribution < -0.4 is 10.2 Å². The van der Waals surface area contributed by atoms with Gasteiger partial charge in [-0.25, -0.2) is 22.8 Å². The first kappa shape index (κ1) is 25.3. The van der Waals surface area contributed by atoms with Crippen LogP contribution in [0.5, 0.6) is 0 Å². The molecule has 2 aromatic carbocycles. The average molecular weight is 528 g/mol. The molecule has 0 aliphatic carbocycles. The van der Waals surface area contributed by atoms with E-state index in [9.17, 15) is 27.6 Å². The van der Waals surface area contributed by atoms with Crippen molar-refractivity contribution in [3.8, 4) is 0 Å². The van der Waals surface area contributed by atoms with Crippen LogP contribution in [0.1, 0.15) is 40.9 Å². The van der Waals surface area contributed by atoms with Gasteiger partial charge in [0.05, 0.1) is 49.4 Å². The molecule has 2 aliphatic heterocycles. The van der Waals surface area contributed by atoms with Crippen molar-refractivity contribution in [1.82, 2.24) is 14.7 Å². The maximum Gasteiger partial charge on any atom is 0.337 e. The first-order chi connectivity index (χ1) is 18.2. The molecule has 3 heterocycles. The summed E-state index contributed by atoms with van der Waals surface area (Å²) in [4.78, 5) is 41.0. The largest absolute Gasteiger partial charge is 0.465 e. The van der Waals surface area contributed by atoms with Crippen LogP contribution in [0.3, 0.4) is 0 Å². The molecule has 38 heavy (non-hydrogen) atoms. The third-order valence-corrected chi connectivity index (χ3v) is 6.91. The van der Waals surface area contributed by atoms with Crippen LogP contribution in [0, 0.1) is 17.5 Å². The van der Waals surface area contributed by atoms with Gasteiger partial charge in [0.1, 0.15) is 0 Å². The van der Waals surface area contributed by atoms with Crippen molar-refractivity contribution in [2.75, 3.05) is 23.9 Å². The molecule has 198 valence electrons. The smallest absolute Gasteiger partial charge is 0.337 e. The van der Waals surface area contributed by atoms with E-state index in [2.05, 4.69) is 10.4 Å². The number of anilines is 2. The molecule has 2 atom stereocenters. The minimum absolute atomic E-state index is 0.0841. The molecule has 9 nitrogen and oxygen atoms in total. The highest BCUT2D eigenvalue weighted by molar-refractivity contribution is 5.97. The Bertz CT molecular complexity index is 1420. The van der Waals surface area contributed by atoms with Crippen molar-refractivity contribution < 1.29 is 32.3 Å². The minimum Gasteiger partial charge on any atom is -0.465 e. The lowest BCUT2D eigenvalue weighted by Gasteiger charge is -2.35. The molecule has 3 aromatic rings. The number of nitrogens with zero attached hydrogens (tertiary/aromatic N) is 4. The van der Waals surface area contributed by atoms with Crippen LogP contribution in [-0.2, 0) is 22.6 Å². The second kappa shape index (κ2) is 9.84. The SMILES string of the molecule is COC(=O)c1cccc(C2CC(=O)N(c3cnn4c3CN(C(=O)Nc3cc(F)c(F)c(F)c3)[C@@H](C)C4)C2)c1. The Morgan fingerprint density at radius 2 is 1.84 bits per heavy atom. The fraction of sp³-hybridized carbons (Fsp3) is 0.308. The maximum absolute atomic E-state index is 13.6. The Morgan fingerprint density at radius 1 is 1.11 bits per heavy atom. The number of methoxy groups -OCH3 is 1. The highest BCUT2D eigenvalue weighted by Crippen LogP contribution is 2.35. The number of halogens is 3. The van der Waals surface area contributed by atoms with E-state index >= 15 is 0 Å². The van der Waals surface area contributed by atoms with Crippen molar-refractivity contribution in [3.63, 3.8) is 0 Å². The number of hydrogen-bond donors (Lipinski definition) is 1. The van der Waals surface area contributed by atoms with E-state index < -0.39 is 29.5 Å². The molecule has 0 bridgehead atoms. The number of hydrogen-bond acceptors (Lipinski definition) is 5. The summed E-state index contributed by atoms with van der Waals surface area (Å²) < 4.78 is 47.0. The average Bonchev–Trinajstić information content (AvgIpc) is 3.48. The number of fused-ring (bicyclic) bond motifs is 1. The molecule has 3 amide bonds. The Labute approximate surface area is 215 Å². The molecule has 1 unspecified atom stereocenters. The van der Waals surface area contributed by atoms with Crippen molar-refractivity contribution in [3.05, 3.63) is 76.9 Å². The van der Waals surface area contributed by atoms with Crippen LogP contribution >= 0.6 is 0 Å². The first-order valence-corrected chi connectivity index (χ1v) is 11.9. The van der Waals surface area contributed by atoms with Gasteiger partial charge in [-0.2, -0.15) is 5.10 Å². The van der Waals surface area contributed by atoms with Crippen molar-refractivity contribution >= 4 is 29.3 Å². The summed E-state index contributed by atoms with van der Waals surface area (Å²) in [5.74, 6) is -5.18. The van der Waals surface area contributed by atoms with Crippen LogP contribution in [0.4, 0.5) is 29.3 Å². The van der Waals surface area contributed by atoms with Crippen LogP contribution in [0.25, 0.3) is 0 Å². The number of carbonyl (C=O) groups excluding carboxylic acids is 3. The number of urea groups is 1. The summed E-state index contributed by atoms with van der Waals surface area (Å²) in [6.07, 6.45) is 1.82. The summed E-state index contributed by atoms with van der Waals surface area (Å²) in [6, 6.07) is 7.42. The molecule has 12 heteroatoms. The molecule has 1 saturated heterocycles. The minimum atomic E-state index is -1.62. The van der Waals surface area contributed by atoms with E-state index in [0.29, 0.717) is 42.2 Å². The third-order valence-electron chi connectivity index (χ3n) is 6.91.